The number of nitrogen functional groups attached to an aromatic ring is 1. The van der Waals surface area contributed by atoms with Crippen LogP contribution in [0.3, 0.4) is 0 Å². The third-order valence-corrected chi connectivity index (χ3v) is 4.50. The second-order valence-corrected chi connectivity index (χ2v) is 5.95. The van der Waals surface area contributed by atoms with E-state index >= 15 is 0 Å². The first-order valence-electron chi connectivity index (χ1n) is 6.65. The summed E-state index contributed by atoms with van der Waals surface area (Å²) in [6.45, 7) is 4.36. The summed E-state index contributed by atoms with van der Waals surface area (Å²) < 4.78 is 0.964. The van der Waals surface area contributed by atoms with Gasteiger partial charge in [0.25, 0.3) is 5.91 Å². The summed E-state index contributed by atoms with van der Waals surface area (Å²) in [5.74, 6) is 4.87. The predicted octanol–water partition coefficient (Wildman–Crippen LogP) is 2.43. The van der Waals surface area contributed by atoms with E-state index in [1.165, 1.54) is 24.8 Å². The minimum atomic E-state index is -0.265. The third kappa shape index (κ3) is 3.55. The summed E-state index contributed by atoms with van der Waals surface area (Å²) in [7, 11) is 0. The van der Waals surface area contributed by atoms with Gasteiger partial charge in [-0.25, -0.2) is 5.84 Å². The molecule has 104 valence electrons. The van der Waals surface area contributed by atoms with Crippen LogP contribution in [0.25, 0.3) is 0 Å². The number of likely N-dealkylation sites (tertiary alicyclic amines) is 1. The minimum Gasteiger partial charge on any atom is -0.296 e. The number of nitrogens with two attached hydrogens (primary N) is 1. The monoisotopic (exact) mass is 325 g/mol. The van der Waals surface area contributed by atoms with E-state index in [0.717, 1.165) is 17.6 Å². The molecule has 1 aromatic rings. The molecule has 1 heterocycles. The average Bonchev–Trinajstić information content (AvgIpc) is 2.42. The van der Waals surface area contributed by atoms with E-state index in [-0.39, 0.29) is 5.91 Å². The van der Waals surface area contributed by atoms with Crippen molar-refractivity contribution < 1.29 is 4.79 Å². The van der Waals surface area contributed by atoms with E-state index in [4.69, 9.17) is 5.84 Å². The number of piperidine rings is 1. The predicted molar refractivity (Wildman–Crippen MR) is 79.5 cm³/mol. The van der Waals surface area contributed by atoms with Crippen molar-refractivity contribution in [2.75, 3.05) is 6.54 Å². The van der Waals surface area contributed by atoms with Crippen molar-refractivity contribution in [3.05, 3.63) is 33.8 Å². The average molecular weight is 326 g/mol. The summed E-state index contributed by atoms with van der Waals surface area (Å²) in [4.78, 5) is 13.9. The highest BCUT2D eigenvalue weighted by Crippen LogP contribution is 2.24. The van der Waals surface area contributed by atoms with Crippen LogP contribution in [0.15, 0.2) is 22.7 Å². The fourth-order valence-electron chi connectivity index (χ4n) is 2.51. The molecule has 19 heavy (non-hydrogen) atoms. The maximum Gasteiger partial charge on any atom is 0.265 e. The van der Waals surface area contributed by atoms with Crippen LogP contribution in [0, 0.1) is 0 Å². The molecule has 1 atom stereocenters. The lowest BCUT2D eigenvalue weighted by Crippen LogP contribution is -2.36. The fourth-order valence-corrected chi connectivity index (χ4v) is 3.02. The molecule has 0 aliphatic carbocycles. The molecule has 1 amide bonds. The summed E-state index contributed by atoms with van der Waals surface area (Å²) in [6.07, 6.45) is 3.87. The number of amides is 1. The highest BCUT2D eigenvalue weighted by Gasteiger charge is 2.19. The number of nitrogens with one attached hydrogen (secondary N) is 1. The molecule has 4 nitrogen and oxygen atoms in total. The van der Waals surface area contributed by atoms with Crippen molar-refractivity contribution >= 4 is 21.8 Å². The summed E-state index contributed by atoms with van der Waals surface area (Å²) in [5, 5.41) is 0. The molecule has 0 radical (unpaired) electrons. The zero-order chi connectivity index (χ0) is 13.8. The number of halogens is 1. The van der Waals surface area contributed by atoms with Crippen molar-refractivity contribution in [3.63, 3.8) is 0 Å². The lowest BCUT2D eigenvalue weighted by atomic mass is 10.0. The van der Waals surface area contributed by atoms with Gasteiger partial charge in [-0.1, -0.05) is 28.4 Å². The first kappa shape index (κ1) is 14.5. The SMILES string of the molecule is CC1CCCCN1Cc1ccc(C(=O)NN)cc1Br. The van der Waals surface area contributed by atoms with Crippen LogP contribution in [0.1, 0.15) is 42.1 Å². The van der Waals surface area contributed by atoms with E-state index < -0.39 is 0 Å². The molecule has 1 fully saturated rings. The van der Waals surface area contributed by atoms with Crippen LogP contribution in [-0.2, 0) is 6.54 Å². The Bertz CT molecular complexity index is 464. The van der Waals surface area contributed by atoms with E-state index in [0.29, 0.717) is 11.6 Å². The second-order valence-electron chi connectivity index (χ2n) is 5.09. The van der Waals surface area contributed by atoms with E-state index in [1.54, 1.807) is 0 Å². The van der Waals surface area contributed by atoms with Gasteiger partial charge in [-0.3, -0.25) is 15.1 Å². The van der Waals surface area contributed by atoms with Gasteiger partial charge in [0, 0.05) is 22.6 Å². The Morgan fingerprint density at radius 3 is 2.95 bits per heavy atom. The molecule has 0 saturated carbocycles. The Morgan fingerprint density at radius 2 is 2.32 bits per heavy atom. The normalized spacial score (nSPS) is 20.3. The van der Waals surface area contributed by atoms with Gasteiger partial charge in [0.15, 0.2) is 0 Å². The number of carbonyl (C=O) groups excluding carboxylic acids is 1. The van der Waals surface area contributed by atoms with Crippen LogP contribution in [0.2, 0.25) is 0 Å². The van der Waals surface area contributed by atoms with Gasteiger partial charge in [0.05, 0.1) is 0 Å². The second kappa shape index (κ2) is 6.50. The van der Waals surface area contributed by atoms with Gasteiger partial charge < -0.3 is 0 Å². The van der Waals surface area contributed by atoms with Crippen LogP contribution < -0.4 is 11.3 Å². The quantitative estimate of drug-likeness (QED) is 0.509. The third-order valence-electron chi connectivity index (χ3n) is 3.76. The largest absolute Gasteiger partial charge is 0.296 e. The zero-order valence-electron chi connectivity index (χ0n) is 11.2. The molecule has 1 unspecified atom stereocenters. The molecule has 0 spiro atoms. The Balaban J connectivity index is 2.10. The molecule has 0 aromatic heterocycles. The lowest BCUT2D eigenvalue weighted by molar-refractivity contribution is 0.0953. The number of hydrogen-bond donors (Lipinski definition) is 2. The Morgan fingerprint density at radius 1 is 1.53 bits per heavy atom. The molecule has 2 rings (SSSR count). The molecular weight excluding hydrogens is 306 g/mol. The zero-order valence-corrected chi connectivity index (χ0v) is 12.7. The first-order chi connectivity index (χ1) is 9.11. The van der Waals surface area contributed by atoms with Crippen molar-refractivity contribution in [2.45, 2.75) is 38.8 Å². The maximum absolute atomic E-state index is 11.5. The number of hydrazine groups is 1. The summed E-state index contributed by atoms with van der Waals surface area (Å²) in [6, 6.07) is 6.27. The van der Waals surface area contributed by atoms with E-state index in [2.05, 4.69) is 33.2 Å². The topological polar surface area (TPSA) is 58.4 Å². The van der Waals surface area contributed by atoms with Gasteiger partial charge in [-0.15, -0.1) is 0 Å². The number of hydrogen-bond acceptors (Lipinski definition) is 3. The van der Waals surface area contributed by atoms with Crippen LogP contribution in [0.5, 0.6) is 0 Å². The number of rotatable bonds is 3. The van der Waals surface area contributed by atoms with Crippen LogP contribution in [-0.4, -0.2) is 23.4 Å². The standard InChI is InChI=1S/C14H20BrN3O/c1-10-4-2-3-7-18(10)9-12-6-5-11(8-13(12)15)14(19)17-16/h5-6,8,10H,2-4,7,9,16H2,1H3,(H,17,19). The Hall–Kier alpha value is -0.910. The van der Waals surface area contributed by atoms with Crippen molar-refractivity contribution in [3.8, 4) is 0 Å². The maximum atomic E-state index is 11.5. The molecule has 1 aliphatic rings. The molecule has 0 bridgehead atoms. The Kier molecular flexibility index (Phi) is 4.96. The van der Waals surface area contributed by atoms with Gasteiger partial charge in [0.2, 0.25) is 0 Å². The molecule has 1 aliphatic heterocycles. The molecule has 5 heteroatoms. The Labute approximate surface area is 122 Å². The van der Waals surface area contributed by atoms with Crippen molar-refractivity contribution in [1.29, 1.82) is 0 Å². The number of benzene rings is 1. The number of carbonyl (C=O) groups is 1. The number of nitrogens with zero attached hydrogens (tertiary/aromatic N) is 1. The fraction of sp³-hybridized carbons (Fsp3) is 0.500. The highest BCUT2D eigenvalue weighted by molar-refractivity contribution is 9.10. The van der Waals surface area contributed by atoms with Gasteiger partial charge in [0.1, 0.15) is 0 Å². The van der Waals surface area contributed by atoms with E-state index in [9.17, 15) is 4.79 Å². The van der Waals surface area contributed by atoms with E-state index in [1.807, 2.05) is 18.2 Å². The van der Waals surface area contributed by atoms with Crippen LogP contribution in [0.4, 0.5) is 0 Å². The summed E-state index contributed by atoms with van der Waals surface area (Å²) >= 11 is 3.54. The minimum absolute atomic E-state index is 0.265. The first-order valence-corrected chi connectivity index (χ1v) is 7.44. The van der Waals surface area contributed by atoms with Crippen molar-refractivity contribution in [2.24, 2.45) is 5.84 Å². The molecule has 1 aromatic carbocycles. The van der Waals surface area contributed by atoms with Gasteiger partial charge >= 0.3 is 0 Å². The smallest absolute Gasteiger partial charge is 0.265 e. The molecule has 1 saturated heterocycles. The van der Waals surface area contributed by atoms with Gasteiger partial charge in [-0.05, 0) is 44.0 Å². The molecular formula is C14H20BrN3O. The van der Waals surface area contributed by atoms with Gasteiger partial charge in [-0.2, -0.15) is 0 Å². The summed E-state index contributed by atoms with van der Waals surface area (Å²) in [5.41, 5.74) is 3.93. The molecule has 3 N–H and O–H groups in total. The van der Waals surface area contributed by atoms with Crippen LogP contribution >= 0.6 is 15.9 Å². The van der Waals surface area contributed by atoms with Crippen molar-refractivity contribution in [1.82, 2.24) is 10.3 Å². The lowest BCUT2D eigenvalue weighted by Gasteiger charge is -2.33. The highest BCUT2D eigenvalue weighted by atomic mass is 79.9.